The van der Waals surface area contributed by atoms with Crippen molar-refractivity contribution < 1.29 is 18.9 Å². The number of rotatable bonds is 4. The second-order valence-electron chi connectivity index (χ2n) is 5.85. The van der Waals surface area contributed by atoms with Gasteiger partial charge in [-0.05, 0) is 19.1 Å². The van der Waals surface area contributed by atoms with Crippen LogP contribution in [0.2, 0.25) is 0 Å². The molecule has 0 fully saturated rings. The highest BCUT2D eigenvalue weighted by atomic mass is 19.1. The van der Waals surface area contributed by atoms with Crippen molar-refractivity contribution in [2.45, 2.75) is 13.0 Å². The molecule has 0 aliphatic carbocycles. The molecule has 2 aromatic rings. The van der Waals surface area contributed by atoms with Gasteiger partial charge in [0, 0.05) is 29.1 Å². The van der Waals surface area contributed by atoms with E-state index in [1.165, 1.54) is 49.4 Å². The Bertz CT molecular complexity index is 973. The number of carbonyl (C=O) groups is 2. The van der Waals surface area contributed by atoms with Crippen molar-refractivity contribution in [3.8, 4) is 0 Å². The first-order chi connectivity index (χ1) is 12.9. The molecule has 0 unspecified atom stereocenters. The van der Waals surface area contributed by atoms with Crippen molar-refractivity contribution in [1.82, 2.24) is 10.6 Å². The molecule has 0 bridgehead atoms. The summed E-state index contributed by atoms with van der Waals surface area (Å²) in [7, 11) is 0. The molecule has 3 amide bonds. The number of non-ortho nitro benzene ring substituents is 1. The predicted octanol–water partition coefficient (Wildman–Crippen LogP) is 3.00. The van der Waals surface area contributed by atoms with Gasteiger partial charge in [0.2, 0.25) is 0 Å². The number of carbonyl (C=O) groups excluding carboxylic acids is 2. The molecule has 0 saturated carbocycles. The summed E-state index contributed by atoms with van der Waals surface area (Å²) in [6, 6.07) is 9.67. The normalized spacial score (nSPS) is 16.4. The van der Waals surface area contributed by atoms with Crippen molar-refractivity contribution >= 4 is 23.3 Å². The molecule has 27 heavy (non-hydrogen) atoms. The minimum Gasteiger partial charge on any atom is -0.327 e. The molecule has 138 valence electrons. The quantitative estimate of drug-likeness (QED) is 0.567. The fraction of sp³-hybridized carbons (Fsp3) is 0.111. The maximum atomic E-state index is 14.2. The number of amides is 3. The predicted molar refractivity (Wildman–Crippen MR) is 95.2 cm³/mol. The van der Waals surface area contributed by atoms with Crippen molar-refractivity contribution in [3.63, 3.8) is 0 Å². The summed E-state index contributed by atoms with van der Waals surface area (Å²) in [4.78, 5) is 34.9. The smallest absolute Gasteiger partial charge is 0.319 e. The van der Waals surface area contributed by atoms with Gasteiger partial charge in [0.1, 0.15) is 5.82 Å². The van der Waals surface area contributed by atoms with Crippen molar-refractivity contribution in [3.05, 3.63) is 81.3 Å². The van der Waals surface area contributed by atoms with Crippen LogP contribution in [0.25, 0.3) is 0 Å². The molecule has 1 atom stereocenters. The Morgan fingerprint density at radius 3 is 2.67 bits per heavy atom. The van der Waals surface area contributed by atoms with Gasteiger partial charge in [-0.25, -0.2) is 9.18 Å². The lowest BCUT2D eigenvalue weighted by molar-refractivity contribution is -0.384. The Balaban J connectivity index is 1.96. The molecule has 0 radical (unpaired) electrons. The topological polar surface area (TPSA) is 113 Å². The number of hydrogen-bond donors (Lipinski definition) is 3. The van der Waals surface area contributed by atoms with E-state index in [4.69, 9.17) is 0 Å². The average Bonchev–Trinajstić information content (AvgIpc) is 2.61. The van der Waals surface area contributed by atoms with Crippen LogP contribution in [-0.4, -0.2) is 16.9 Å². The molecule has 8 nitrogen and oxygen atoms in total. The highest BCUT2D eigenvalue weighted by Gasteiger charge is 2.32. The molecule has 0 saturated heterocycles. The van der Waals surface area contributed by atoms with E-state index in [-0.39, 0.29) is 28.2 Å². The van der Waals surface area contributed by atoms with Crippen molar-refractivity contribution in [2.24, 2.45) is 0 Å². The molecule has 3 rings (SSSR count). The summed E-state index contributed by atoms with van der Waals surface area (Å²) in [5.74, 6) is -1.19. The summed E-state index contributed by atoms with van der Waals surface area (Å²) in [6.07, 6.45) is 0. The molecule has 3 N–H and O–H groups in total. The van der Waals surface area contributed by atoms with Gasteiger partial charge in [0.15, 0.2) is 0 Å². The van der Waals surface area contributed by atoms with Crippen molar-refractivity contribution in [2.75, 3.05) is 5.32 Å². The van der Waals surface area contributed by atoms with Crippen LogP contribution < -0.4 is 16.0 Å². The van der Waals surface area contributed by atoms with E-state index in [2.05, 4.69) is 16.0 Å². The number of nitrogens with one attached hydrogen (secondary N) is 3. The monoisotopic (exact) mass is 370 g/mol. The van der Waals surface area contributed by atoms with E-state index >= 15 is 0 Å². The van der Waals surface area contributed by atoms with Gasteiger partial charge in [0.05, 0.1) is 16.5 Å². The Morgan fingerprint density at radius 1 is 1.22 bits per heavy atom. The van der Waals surface area contributed by atoms with Crippen LogP contribution in [0.4, 0.5) is 20.6 Å². The van der Waals surface area contributed by atoms with Gasteiger partial charge in [-0.15, -0.1) is 0 Å². The van der Waals surface area contributed by atoms with Gasteiger partial charge in [-0.1, -0.05) is 24.3 Å². The van der Waals surface area contributed by atoms with Crippen LogP contribution >= 0.6 is 0 Å². The first-order valence-electron chi connectivity index (χ1n) is 7.95. The lowest BCUT2D eigenvalue weighted by Crippen LogP contribution is -2.46. The summed E-state index contributed by atoms with van der Waals surface area (Å²) in [6.45, 7) is 1.52. The summed E-state index contributed by atoms with van der Waals surface area (Å²) < 4.78 is 14.2. The second kappa shape index (κ2) is 7.24. The van der Waals surface area contributed by atoms with Crippen LogP contribution in [-0.2, 0) is 4.79 Å². The number of hydrogen-bond acceptors (Lipinski definition) is 4. The standard InChI is InChI=1S/C18H15FN4O4/c1-10-15(17(24)21-11-5-4-6-12(9-11)23(26)27)16(22-18(25)20-10)13-7-2-3-8-14(13)19/h2-9,16H,1H3,(H,21,24)(H2,20,22,25)/t16-/m0/s1. The van der Waals surface area contributed by atoms with Gasteiger partial charge in [-0.2, -0.15) is 0 Å². The molecule has 9 heteroatoms. The van der Waals surface area contributed by atoms with E-state index in [1.54, 1.807) is 6.07 Å². The number of nitro benzene ring substituents is 1. The fourth-order valence-electron chi connectivity index (χ4n) is 2.83. The molecule has 1 heterocycles. The van der Waals surface area contributed by atoms with Gasteiger partial charge < -0.3 is 16.0 Å². The number of urea groups is 1. The Labute approximate surface area is 153 Å². The van der Waals surface area contributed by atoms with Crippen LogP contribution in [0.1, 0.15) is 18.5 Å². The van der Waals surface area contributed by atoms with E-state index in [9.17, 15) is 24.1 Å². The third-order valence-electron chi connectivity index (χ3n) is 4.04. The second-order valence-corrected chi connectivity index (χ2v) is 5.85. The molecule has 1 aliphatic rings. The average molecular weight is 370 g/mol. The summed E-state index contributed by atoms with van der Waals surface area (Å²) in [5, 5.41) is 18.5. The highest BCUT2D eigenvalue weighted by Crippen LogP contribution is 2.29. The Hall–Kier alpha value is -3.75. The molecule has 0 spiro atoms. The number of halogens is 1. The van der Waals surface area contributed by atoms with Crippen LogP contribution in [0.15, 0.2) is 59.8 Å². The van der Waals surface area contributed by atoms with Crippen molar-refractivity contribution in [1.29, 1.82) is 0 Å². The van der Waals surface area contributed by atoms with Crippen LogP contribution in [0.5, 0.6) is 0 Å². The van der Waals surface area contributed by atoms with Gasteiger partial charge in [-0.3, -0.25) is 14.9 Å². The van der Waals surface area contributed by atoms with Crippen LogP contribution in [0, 0.1) is 15.9 Å². The largest absolute Gasteiger partial charge is 0.327 e. The third-order valence-corrected chi connectivity index (χ3v) is 4.04. The fourth-order valence-corrected chi connectivity index (χ4v) is 2.83. The maximum Gasteiger partial charge on any atom is 0.319 e. The van der Waals surface area contributed by atoms with E-state index < -0.39 is 28.7 Å². The third kappa shape index (κ3) is 3.76. The summed E-state index contributed by atoms with van der Waals surface area (Å²) in [5.41, 5.74) is 0.523. The first kappa shape index (κ1) is 18.1. The van der Waals surface area contributed by atoms with E-state index in [0.29, 0.717) is 0 Å². The molecule has 1 aliphatic heterocycles. The molecule has 2 aromatic carbocycles. The zero-order chi connectivity index (χ0) is 19.6. The molecular formula is C18H15FN4O4. The number of allylic oxidation sites excluding steroid dienone is 1. The minimum atomic E-state index is -1.00. The number of nitrogens with zero attached hydrogens (tertiary/aromatic N) is 1. The number of anilines is 1. The maximum absolute atomic E-state index is 14.2. The lowest BCUT2D eigenvalue weighted by atomic mass is 9.94. The SMILES string of the molecule is CC1=C(C(=O)Nc2cccc([N+](=O)[O-])c2)[C@H](c2ccccc2F)NC(=O)N1. The summed E-state index contributed by atoms with van der Waals surface area (Å²) >= 11 is 0. The zero-order valence-corrected chi connectivity index (χ0v) is 14.2. The first-order valence-corrected chi connectivity index (χ1v) is 7.95. The van der Waals surface area contributed by atoms with E-state index in [1.807, 2.05) is 0 Å². The van der Waals surface area contributed by atoms with Gasteiger partial charge in [0.25, 0.3) is 11.6 Å². The Morgan fingerprint density at radius 2 is 1.96 bits per heavy atom. The van der Waals surface area contributed by atoms with E-state index in [0.717, 1.165) is 0 Å². The number of benzene rings is 2. The molecular weight excluding hydrogens is 355 g/mol. The Kier molecular flexibility index (Phi) is 4.84. The minimum absolute atomic E-state index is 0.103. The highest BCUT2D eigenvalue weighted by molar-refractivity contribution is 6.06. The lowest BCUT2D eigenvalue weighted by Gasteiger charge is -2.28. The number of nitro groups is 1. The van der Waals surface area contributed by atoms with Crippen LogP contribution in [0.3, 0.4) is 0 Å². The van der Waals surface area contributed by atoms with Gasteiger partial charge >= 0.3 is 6.03 Å². The zero-order valence-electron chi connectivity index (χ0n) is 14.2. The molecule has 0 aromatic heterocycles.